The van der Waals surface area contributed by atoms with E-state index in [0.29, 0.717) is 23.6 Å². The fourth-order valence-electron chi connectivity index (χ4n) is 4.23. The normalized spacial score (nSPS) is 13.2. The van der Waals surface area contributed by atoms with Crippen molar-refractivity contribution in [2.45, 2.75) is 13.8 Å². The number of rotatable bonds is 7. The van der Waals surface area contributed by atoms with Crippen LogP contribution in [0.25, 0.3) is 21.5 Å². The largest absolute Gasteiger partial charge is 0.493 e. The van der Waals surface area contributed by atoms with Crippen LogP contribution in [0.5, 0.6) is 11.5 Å². The molecule has 0 bridgehead atoms. The molecule has 146 valence electrons. The van der Waals surface area contributed by atoms with Crippen LogP contribution in [0.15, 0.2) is 36.4 Å². The second-order valence-electron chi connectivity index (χ2n) is 7.01. The average molecular weight is 378 g/mol. The molecule has 0 unspecified atom stereocenters. The fourth-order valence-corrected chi connectivity index (χ4v) is 4.23. The van der Waals surface area contributed by atoms with Gasteiger partial charge in [0, 0.05) is 23.9 Å². The minimum Gasteiger partial charge on any atom is -0.493 e. The van der Waals surface area contributed by atoms with E-state index in [1.807, 2.05) is 23.1 Å². The Morgan fingerprint density at radius 3 is 2.43 bits per heavy atom. The third-order valence-corrected chi connectivity index (χ3v) is 5.75. The molecule has 3 aromatic rings. The van der Waals surface area contributed by atoms with Gasteiger partial charge in [0.15, 0.2) is 11.5 Å². The quantitative estimate of drug-likeness (QED) is 0.575. The van der Waals surface area contributed by atoms with Gasteiger partial charge in [-0.1, -0.05) is 38.1 Å². The third kappa shape index (κ3) is 2.69. The number of hydrogen-bond acceptors (Lipinski definition) is 4. The summed E-state index contributed by atoms with van der Waals surface area (Å²) < 4.78 is 11.3. The van der Waals surface area contributed by atoms with Crippen molar-refractivity contribution in [3.63, 3.8) is 0 Å². The summed E-state index contributed by atoms with van der Waals surface area (Å²) in [6, 6.07) is 12.1. The molecular formula is C23H26N2O3. The van der Waals surface area contributed by atoms with Crippen molar-refractivity contribution in [3.05, 3.63) is 42.0 Å². The Labute approximate surface area is 165 Å². The van der Waals surface area contributed by atoms with Crippen LogP contribution in [0.2, 0.25) is 0 Å². The zero-order chi connectivity index (χ0) is 19.8. The second kappa shape index (κ2) is 7.32. The molecule has 0 spiro atoms. The molecule has 0 N–H and O–H groups in total. The molecular weight excluding hydrogens is 352 g/mol. The van der Waals surface area contributed by atoms with Gasteiger partial charge in [-0.25, -0.2) is 0 Å². The first-order valence-corrected chi connectivity index (χ1v) is 9.79. The molecule has 4 rings (SSSR count). The van der Waals surface area contributed by atoms with Gasteiger partial charge >= 0.3 is 0 Å². The van der Waals surface area contributed by atoms with E-state index < -0.39 is 0 Å². The predicted molar refractivity (Wildman–Crippen MR) is 114 cm³/mol. The number of fused-ring (bicyclic) bond motifs is 2. The van der Waals surface area contributed by atoms with Gasteiger partial charge < -0.3 is 19.3 Å². The van der Waals surface area contributed by atoms with Crippen LogP contribution in [-0.2, 0) is 0 Å². The predicted octanol–water partition coefficient (Wildman–Crippen LogP) is 4.31. The van der Waals surface area contributed by atoms with Crippen molar-refractivity contribution < 1.29 is 14.3 Å². The van der Waals surface area contributed by atoms with E-state index in [2.05, 4.69) is 36.9 Å². The van der Waals surface area contributed by atoms with E-state index in [-0.39, 0.29) is 5.91 Å². The number of hydrogen-bond donors (Lipinski definition) is 0. The van der Waals surface area contributed by atoms with Gasteiger partial charge in [-0.2, -0.15) is 0 Å². The highest BCUT2D eigenvalue weighted by Crippen LogP contribution is 2.49. The van der Waals surface area contributed by atoms with Gasteiger partial charge in [-0.3, -0.25) is 4.79 Å². The smallest absolute Gasteiger partial charge is 0.259 e. The molecule has 0 aliphatic carbocycles. The highest BCUT2D eigenvalue weighted by atomic mass is 16.5. The number of carbonyl (C=O) groups excluding carboxylic acids is 1. The Kier molecular flexibility index (Phi) is 4.85. The molecule has 0 saturated heterocycles. The SMILES string of the molecule is CCN(CC)CCN1C(=O)c2cc(OC)c(OC)c3c2c1cc1ccccc13. The third-order valence-electron chi connectivity index (χ3n) is 5.75. The van der Waals surface area contributed by atoms with Crippen LogP contribution in [0.3, 0.4) is 0 Å². The molecule has 0 fully saturated rings. The summed E-state index contributed by atoms with van der Waals surface area (Å²) in [6.07, 6.45) is 0. The fraction of sp³-hybridized carbons (Fsp3) is 0.348. The van der Waals surface area contributed by atoms with Crippen molar-refractivity contribution in [1.82, 2.24) is 4.90 Å². The van der Waals surface area contributed by atoms with Crippen molar-refractivity contribution >= 4 is 33.1 Å². The number of benzene rings is 3. The maximum atomic E-state index is 13.3. The number of carbonyl (C=O) groups is 1. The Balaban J connectivity index is 1.97. The van der Waals surface area contributed by atoms with Gasteiger partial charge in [0.2, 0.25) is 0 Å². The first-order chi connectivity index (χ1) is 13.6. The van der Waals surface area contributed by atoms with E-state index in [9.17, 15) is 4.79 Å². The van der Waals surface area contributed by atoms with Crippen LogP contribution in [0, 0.1) is 0 Å². The first kappa shape index (κ1) is 18.6. The molecule has 3 aromatic carbocycles. The van der Waals surface area contributed by atoms with Crippen LogP contribution in [0.4, 0.5) is 5.69 Å². The number of methoxy groups -OCH3 is 2. The average Bonchev–Trinajstić information content (AvgIpc) is 3.00. The standard InChI is InChI=1S/C23H26N2O3/c1-5-24(6-2)11-12-25-18-13-15-9-7-8-10-16(15)21-20(18)17(23(25)26)14-19(27-3)22(21)28-4/h7-10,13-14H,5-6,11-12H2,1-4H3. The highest BCUT2D eigenvalue weighted by molar-refractivity contribution is 6.31. The summed E-state index contributed by atoms with van der Waals surface area (Å²) in [5.74, 6) is 1.30. The van der Waals surface area contributed by atoms with Crippen molar-refractivity contribution in [1.29, 1.82) is 0 Å². The van der Waals surface area contributed by atoms with Crippen molar-refractivity contribution in [2.24, 2.45) is 0 Å². The number of nitrogens with zero attached hydrogens (tertiary/aromatic N) is 2. The molecule has 28 heavy (non-hydrogen) atoms. The molecule has 1 amide bonds. The maximum absolute atomic E-state index is 13.3. The first-order valence-electron chi connectivity index (χ1n) is 9.79. The number of amides is 1. The summed E-state index contributed by atoms with van der Waals surface area (Å²) >= 11 is 0. The molecule has 0 aromatic heterocycles. The molecule has 1 aliphatic heterocycles. The molecule has 0 radical (unpaired) electrons. The lowest BCUT2D eigenvalue weighted by Crippen LogP contribution is -2.36. The Morgan fingerprint density at radius 1 is 1.00 bits per heavy atom. The van der Waals surface area contributed by atoms with E-state index in [4.69, 9.17) is 9.47 Å². The molecule has 5 nitrogen and oxygen atoms in total. The summed E-state index contributed by atoms with van der Waals surface area (Å²) in [5, 5.41) is 4.06. The zero-order valence-electron chi connectivity index (χ0n) is 16.9. The number of ether oxygens (including phenoxy) is 2. The van der Waals surface area contributed by atoms with E-state index in [0.717, 1.165) is 46.9 Å². The highest BCUT2D eigenvalue weighted by Gasteiger charge is 2.33. The summed E-state index contributed by atoms with van der Waals surface area (Å²) in [4.78, 5) is 17.6. The van der Waals surface area contributed by atoms with Gasteiger partial charge in [-0.15, -0.1) is 0 Å². The van der Waals surface area contributed by atoms with Gasteiger partial charge in [0.05, 0.1) is 25.5 Å². The Morgan fingerprint density at radius 2 is 1.75 bits per heavy atom. The summed E-state index contributed by atoms with van der Waals surface area (Å²) in [6.45, 7) is 7.74. The monoisotopic (exact) mass is 378 g/mol. The van der Waals surface area contributed by atoms with Gasteiger partial charge in [-0.05, 0) is 36.0 Å². The molecule has 5 heteroatoms. The Hall–Kier alpha value is -2.79. The lowest BCUT2D eigenvalue weighted by Gasteiger charge is -2.24. The summed E-state index contributed by atoms with van der Waals surface area (Å²) in [7, 11) is 3.26. The van der Waals surface area contributed by atoms with Crippen LogP contribution < -0.4 is 14.4 Å². The molecule has 1 aliphatic rings. The maximum Gasteiger partial charge on any atom is 0.259 e. The van der Waals surface area contributed by atoms with Crippen LogP contribution in [-0.4, -0.2) is 51.2 Å². The zero-order valence-corrected chi connectivity index (χ0v) is 16.9. The summed E-state index contributed by atoms with van der Waals surface area (Å²) in [5.41, 5.74) is 1.65. The number of anilines is 1. The van der Waals surface area contributed by atoms with Gasteiger partial charge in [0.25, 0.3) is 5.91 Å². The second-order valence-corrected chi connectivity index (χ2v) is 7.01. The van der Waals surface area contributed by atoms with Crippen LogP contribution in [0.1, 0.15) is 24.2 Å². The van der Waals surface area contributed by atoms with E-state index in [1.165, 1.54) is 0 Å². The van der Waals surface area contributed by atoms with Crippen molar-refractivity contribution in [3.8, 4) is 11.5 Å². The lowest BCUT2D eigenvalue weighted by molar-refractivity contribution is 0.0990. The minimum absolute atomic E-state index is 0.0309. The Bertz CT molecular complexity index is 1060. The lowest BCUT2D eigenvalue weighted by atomic mass is 9.97. The van der Waals surface area contributed by atoms with Crippen LogP contribution >= 0.6 is 0 Å². The molecule has 0 atom stereocenters. The molecule has 0 saturated carbocycles. The van der Waals surface area contributed by atoms with Gasteiger partial charge in [0.1, 0.15) is 0 Å². The topological polar surface area (TPSA) is 42.0 Å². The van der Waals surface area contributed by atoms with E-state index in [1.54, 1.807) is 14.2 Å². The minimum atomic E-state index is 0.0309. The molecule has 1 heterocycles. The number of likely N-dealkylation sites (N-methyl/N-ethyl adjacent to an activating group) is 1. The van der Waals surface area contributed by atoms with E-state index >= 15 is 0 Å². The van der Waals surface area contributed by atoms with Crippen molar-refractivity contribution in [2.75, 3.05) is 45.3 Å².